The number of para-hydroxylation sites is 1. The Hall–Kier alpha value is -2.10. The number of aryl methyl sites for hydroxylation is 1. The zero-order chi connectivity index (χ0) is 10.4. The van der Waals surface area contributed by atoms with Gasteiger partial charge in [-0.2, -0.15) is 0 Å². The molecule has 0 aliphatic carbocycles. The maximum atomic E-state index is 9.84. The molecule has 0 aliphatic heterocycles. The van der Waals surface area contributed by atoms with Crippen molar-refractivity contribution in [3.63, 3.8) is 0 Å². The van der Waals surface area contributed by atoms with E-state index in [4.69, 9.17) is 0 Å². The van der Waals surface area contributed by atoms with E-state index in [1.165, 1.54) is 0 Å². The summed E-state index contributed by atoms with van der Waals surface area (Å²) in [6.45, 7) is 2.00. The van der Waals surface area contributed by atoms with Crippen molar-refractivity contribution in [2.24, 2.45) is 0 Å². The van der Waals surface area contributed by atoms with Gasteiger partial charge in [-0.05, 0) is 24.6 Å². The number of phenolic OH excluding ortho intramolecular Hbond substituents is 1. The number of phenols is 1. The molecule has 74 valence electrons. The molecule has 0 saturated heterocycles. The van der Waals surface area contributed by atoms with Crippen LogP contribution in [0.4, 0.5) is 0 Å². The van der Waals surface area contributed by atoms with Gasteiger partial charge in [-0.15, -0.1) is 10.2 Å². The molecule has 0 aliphatic rings. The van der Waals surface area contributed by atoms with Crippen LogP contribution in [0, 0.1) is 6.92 Å². The first kappa shape index (κ1) is 8.23. The lowest BCUT2D eigenvalue weighted by atomic mass is 10.1. The number of hydrogen-bond acceptors (Lipinski definition) is 3. The molecule has 3 aromatic rings. The molecule has 0 saturated carbocycles. The van der Waals surface area contributed by atoms with E-state index in [1.54, 1.807) is 16.8 Å². The summed E-state index contributed by atoms with van der Waals surface area (Å²) in [6.07, 6.45) is 1.61. The molecule has 0 fully saturated rings. The summed E-state index contributed by atoms with van der Waals surface area (Å²) >= 11 is 0. The minimum atomic E-state index is 0.251. The van der Waals surface area contributed by atoms with Crippen LogP contribution in [-0.2, 0) is 0 Å². The Kier molecular flexibility index (Phi) is 1.48. The van der Waals surface area contributed by atoms with Crippen molar-refractivity contribution in [1.82, 2.24) is 14.6 Å². The lowest BCUT2D eigenvalue weighted by molar-refractivity contribution is 0.480. The standard InChI is InChI=1S/C11H9N3O/c1-7-5-10-13-12-6-14(10)11-8(7)3-2-4-9(11)15/h2-6,15H,1H3. The quantitative estimate of drug-likeness (QED) is 0.601. The third-order valence-corrected chi connectivity index (χ3v) is 2.60. The lowest BCUT2D eigenvalue weighted by Crippen LogP contribution is -1.90. The summed E-state index contributed by atoms with van der Waals surface area (Å²) in [5.74, 6) is 0.251. The highest BCUT2D eigenvalue weighted by Gasteiger charge is 2.07. The number of hydrogen-bond donors (Lipinski definition) is 1. The van der Waals surface area contributed by atoms with Crippen LogP contribution >= 0.6 is 0 Å². The molecule has 1 N–H and O–H groups in total. The van der Waals surface area contributed by atoms with E-state index in [0.29, 0.717) is 0 Å². The highest BCUT2D eigenvalue weighted by atomic mass is 16.3. The van der Waals surface area contributed by atoms with Gasteiger partial charge in [-0.1, -0.05) is 12.1 Å². The highest BCUT2D eigenvalue weighted by molar-refractivity contribution is 5.89. The monoisotopic (exact) mass is 199 g/mol. The topological polar surface area (TPSA) is 50.4 Å². The summed E-state index contributed by atoms with van der Waals surface area (Å²) < 4.78 is 1.79. The van der Waals surface area contributed by atoms with Gasteiger partial charge in [0.15, 0.2) is 5.65 Å². The fourth-order valence-corrected chi connectivity index (χ4v) is 1.89. The minimum Gasteiger partial charge on any atom is -0.506 e. The molecular formula is C11H9N3O. The van der Waals surface area contributed by atoms with E-state index in [1.807, 2.05) is 25.1 Å². The van der Waals surface area contributed by atoms with Crippen LogP contribution in [0.5, 0.6) is 5.75 Å². The van der Waals surface area contributed by atoms with Gasteiger partial charge in [-0.25, -0.2) is 0 Å². The van der Waals surface area contributed by atoms with E-state index >= 15 is 0 Å². The van der Waals surface area contributed by atoms with Gasteiger partial charge in [0, 0.05) is 5.39 Å². The van der Waals surface area contributed by atoms with Crippen molar-refractivity contribution in [3.05, 3.63) is 36.2 Å². The zero-order valence-corrected chi connectivity index (χ0v) is 8.18. The van der Waals surface area contributed by atoms with Crippen molar-refractivity contribution < 1.29 is 5.11 Å². The Labute approximate surface area is 85.8 Å². The first-order valence-electron chi connectivity index (χ1n) is 4.68. The molecule has 15 heavy (non-hydrogen) atoms. The molecule has 2 aromatic heterocycles. The van der Waals surface area contributed by atoms with Gasteiger partial charge in [0.2, 0.25) is 0 Å². The molecule has 3 rings (SSSR count). The fraction of sp³-hybridized carbons (Fsp3) is 0.0909. The molecule has 0 unspecified atom stereocenters. The van der Waals surface area contributed by atoms with Gasteiger partial charge in [0.05, 0.1) is 5.52 Å². The SMILES string of the molecule is Cc1cc2nncn2c2c(O)cccc12. The summed E-state index contributed by atoms with van der Waals surface area (Å²) in [6, 6.07) is 7.43. The minimum absolute atomic E-state index is 0.251. The zero-order valence-electron chi connectivity index (χ0n) is 8.18. The largest absolute Gasteiger partial charge is 0.506 e. The van der Waals surface area contributed by atoms with Crippen LogP contribution in [0.25, 0.3) is 16.6 Å². The van der Waals surface area contributed by atoms with Gasteiger partial charge < -0.3 is 5.11 Å². The molecular weight excluding hydrogens is 190 g/mol. The van der Waals surface area contributed by atoms with E-state index in [2.05, 4.69) is 10.2 Å². The van der Waals surface area contributed by atoms with E-state index in [9.17, 15) is 5.11 Å². The second kappa shape index (κ2) is 2.70. The van der Waals surface area contributed by atoms with Crippen molar-refractivity contribution in [2.75, 3.05) is 0 Å². The molecule has 4 heteroatoms. The summed E-state index contributed by atoms with van der Waals surface area (Å²) in [7, 11) is 0. The first-order chi connectivity index (χ1) is 7.27. The van der Waals surface area contributed by atoms with Crippen LogP contribution in [-0.4, -0.2) is 19.7 Å². The van der Waals surface area contributed by atoms with Crippen LogP contribution in [0.3, 0.4) is 0 Å². The van der Waals surface area contributed by atoms with Gasteiger partial charge in [0.1, 0.15) is 12.1 Å². The molecule has 0 radical (unpaired) electrons. The lowest BCUT2D eigenvalue weighted by Gasteiger charge is -2.06. The Balaban J connectivity index is 2.69. The third-order valence-electron chi connectivity index (χ3n) is 2.60. The Morgan fingerprint density at radius 2 is 2.20 bits per heavy atom. The predicted octanol–water partition coefficient (Wildman–Crippen LogP) is 1.90. The Morgan fingerprint density at radius 1 is 1.33 bits per heavy atom. The number of pyridine rings is 1. The third kappa shape index (κ3) is 1.01. The Morgan fingerprint density at radius 3 is 3.07 bits per heavy atom. The van der Waals surface area contributed by atoms with Gasteiger partial charge >= 0.3 is 0 Å². The van der Waals surface area contributed by atoms with E-state index in [0.717, 1.165) is 22.1 Å². The Bertz CT molecular complexity index is 657. The van der Waals surface area contributed by atoms with Crippen molar-refractivity contribution in [3.8, 4) is 5.75 Å². The highest BCUT2D eigenvalue weighted by Crippen LogP contribution is 2.27. The number of nitrogens with zero attached hydrogens (tertiary/aromatic N) is 3. The van der Waals surface area contributed by atoms with Crippen LogP contribution in [0.1, 0.15) is 5.56 Å². The van der Waals surface area contributed by atoms with Crippen molar-refractivity contribution in [1.29, 1.82) is 0 Å². The maximum absolute atomic E-state index is 9.84. The average Bonchev–Trinajstić information content (AvgIpc) is 2.66. The smallest absolute Gasteiger partial charge is 0.161 e. The molecule has 0 amide bonds. The van der Waals surface area contributed by atoms with Crippen LogP contribution in [0.15, 0.2) is 30.6 Å². The molecule has 0 bridgehead atoms. The van der Waals surface area contributed by atoms with E-state index < -0.39 is 0 Å². The summed E-state index contributed by atoms with van der Waals surface area (Å²) in [5, 5.41) is 18.7. The predicted molar refractivity (Wildman–Crippen MR) is 56.9 cm³/mol. The molecule has 0 spiro atoms. The first-order valence-corrected chi connectivity index (χ1v) is 4.68. The maximum Gasteiger partial charge on any atom is 0.161 e. The number of aromatic hydroxyl groups is 1. The number of benzene rings is 1. The van der Waals surface area contributed by atoms with Gasteiger partial charge in [0.25, 0.3) is 0 Å². The van der Waals surface area contributed by atoms with E-state index in [-0.39, 0.29) is 5.75 Å². The van der Waals surface area contributed by atoms with Crippen LogP contribution in [0.2, 0.25) is 0 Å². The number of rotatable bonds is 0. The second-order valence-corrected chi connectivity index (χ2v) is 3.56. The molecule has 0 atom stereocenters. The molecule has 1 aromatic carbocycles. The summed E-state index contributed by atoms with van der Waals surface area (Å²) in [4.78, 5) is 0. The second-order valence-electron chi connectivity index (χ2n) is 3.56. The number of fused-ring (bicyclic) bond motifs is 3. The molecule has 4 nitrogen and oxygen atoms in total. The number of aromatic nitrogens is 3. The van der Waals surface area contributed by atoms with Gasteiger partial charge in [-0.3, -0.25) is 4.40 Å². The van der Waals surface area contributed by atoms with Crippen LogP contribution < -0.4 is 0 Å². The van der Waals surface area contributed by atoms with Crippen molar-refractivity contribution in [2.45, 2.75) is 6.92 Å². The summed E-state index contributed by atoms with van der Waals surface area (Å²) in [5.41, 5.74) is 2.60. The normalized spacial score (nSPS) is 11.3. The molecule has 2 heterocycles. The average molecular weight is 199 g/mol. The van der Waals surface area contributed by atoms with Crippen molar-refractivity contribution >= 4 is 16.6 Å². The fourth-order valence-electron chi connectivity index (χ4n) is 1.89.